The van der Waals surface area contributed by atoms with Gasteiger partial charge in [0.2, 0.25) is 6.29 Å². The summed E-state index contributed by atoms with van der Waals surface area (Å²) in [6.07, 6.45) is -2.33. The molecule has 0 bridgehead atoms. The lowest BCUT2D eigenvalue weighted by Gasteiger charge is -2.20. The maximum atomic E-state index is 11.1. The van der Waals surface area contributed by atoms with Crippen LogP contribution in [0.4, 0.5) is 0 Å². The van der Waals surface area contributed by atoms with E-state index in [0.717, 1.165) is 0 Å². The molecule has 0 aliphatic carbocycles. The fraction of sp³-hybridized carbons (Fsp3) is 0.700. The van der Waals surface area contributed by atoms with Crippen molar-refractivity contribution in [1.29, 1.82) is 0 Å². The van der Waals surface area contributed by atoms with Crippen molar-refractivity contribution in [1.82, 2.24) is 0 Å². The van der Waals surface area contributed by atoms with Gasteiger partial charge in [0.05, 0.1) is 0 Å². The molecule has 88 valence electrons. The number of ether oxygens (including phenoxy) is 3. The van der Waals surface area contributed by atoms with Crippen LogP contribution in [0.25, 0.3) is 0 Å². The molecule has 3 atom stereocenters. The van der Waals surface area contributed by atoms with Crippen molar-refractivity contribution in [3.05, 3.63) is 12.2 Å². The Morgan fingerprint density at radius 1 is 1.20 bits per heavy atom. The van der Waals surface area contributed by atoms with E-state index in [2.05, 4.69) is 6.58 Å². The SMILES string of the molecule is C=C(C)C(=O)OC(C)OC(C)OC(C)O. The van der Waals surface area contributed by atoms with Gasteiger partial charge in [-0.3, -0.25) is 0 Å². The van der Waals surface area contributed by atoms with Crippen LogP contribution < -0.4 is 0 Å². The summed E-state index contributed by atoms with van der Waals surface area (Å²) in [4.78, 5) is 11.1. The molecule has 0 saturated heterocycles. The second-order valence-corrected chi connectivity index (χ2v) is 3.19. The van der Waals surface area contributed by atoms with E-state index in [9.17, 15) is 4.79 Å². The number of carbonyl (C=O) groups is 1. The molecule has 0 rings (SSSR count). The van der Waals surface area contributed by atoms with Crippen molar-refractivity contribution in [2.45, 2.75) is 46.6 Å². The van der Waals surface area contributed by atoms with E-state index in [1.165, 1.54) is 6.92 Å². The van der Waals surface area contributed by atoms with Gasteiger partial charge in [-0.05, 0) is 27.7 Å². The van der Waals surface area contributed by atoms with Crippen LogP contribution in [-0.4, -0.2) is 29.9 Å². The molecular weight excluding hydrogens is 200 g/mol. The minimum absolute atomic E-state index is 0.301. The smallest absolute Gasteiger partial charge is 0.335 e. The van der Waals surface area contributed by atoms with Crippen molar-refractivity contribution in [2.24, 2.45) is 0 Å². The Kier molecular flexibility index (Phi) is 6.15. The molecule has 0 heterocycles. The highest BCUT2D eigenvalue weighted by Gasteiger charge is 2.14. The number of esters is 1. The zero-order valence-corrected chi connectivity index (χ0v) is 9.52. The number of rotatable bonds is 6. The first-order valence-corrected chi connectivity index (χ1v) is 4.68. The molecule has 0 aromatic heterocycles. The fourth-order valence-electron chi connectivity index (χ4n) is 0.858. The van der Waals surface area contributed by atoms with Gasteiger partial charge in [-0.1, -0.05) is 6.58 Å². The predicted molar refractivity (Wildman–Crippen MR) is 53.7 cm³/mol. The van der Waals surface area contributed by atoms with Crippen molar-refractivity contribution in [3.63, 3.8) is 0 Å². The van der Waals surface area contributed by atoms with Crippen LogP contribution in [-0.2, 0) is 19.0 Å². The molecule has 3 unspecified atom stereocenters. The molecule has 15 heavy (non-hydrogen) atoms. The Balaban J connectivity index is 3.87. The third-order valence-corrected chi connectivity index (χ3v) is 1.39. The summed E-state index contributed by atoms with van der Waals surface area (Å²) in [5, 5.41) is 8.88. The Bertz CT molecular complexity index is 224. The van der Waals surface area contributed by atoms with Crippen LogP contribution in [0.15, 0.2) is 12.2 Å². The minimum atomic E-state index is -0.927. The summed E-state index contributed by atoms with van der Waals surface area (Å²) in [6, 6.07) is 0. The van der Waals surface area contributed by atoms with Crippen LogP contribution in [0.3, 0.4) is 0 Å². The fourth-order valence-corrected chi connectivity index (χ4v) is 0.858. The summed E-state index contributed by atoms with van der Waals surface area (Å²) >= 11 is 0. The normalized spacial score (nSPS) is 16.6. The molecule has 5 heteroatoms. The second kappa shape index (κ2) is 6.55. The van der Waals surface area contributed by atoms with Crippen LogP contribution in [0.1, 0.15) is 27.7 Å². The number of hydrogen-bond donors (Lipinski definition) is 1. The first-order chi connectivity index (χ1) is 6.82. The van der Waals surface area contributed by atoms with E-state index in [1.54, 1.807) is 20.8 Å². The maximum Gasteiger partial charge on any atom is 0.335 e. The van der Waals surface area contributed by atoms with Crippen molar-refractivity contribution < 1.29 is 24.1 Å². The quantitative estimate of drug-likeness (QED) is 0.412. The van der Waals surface area contributed by atoms with E-state index in [-0.39, 0.29) is 0 Å². The van der Waals surface area contributed by atoms with E-state index in [0.29, 0.717) is 5.57 Å². The van der Waals surface area contributed by atoms with Crippen molar-refractivity contribution in [3.8, 4) is 0 Å². The van der Waals surface area contributed by atoms with Gasteiger partial charge in [-0.25, -0.2) is 4.79 Å². The number of carbonyl (C=O) groups excluding carboxylic acids is 1. The summed E-state index contributed by atoms with van der Waals surface area (Å²) in [6.45, 7) is 9.60. The lowest BCUT2D eigenvalue weighted by atomic mass is 10.4. The van der Waals surface area contributed by atoms with Crippen LogP contribution >= 0.6 is 0 Å². The summed E-state index contributed by atoms with van der Waals surface area (Å²) in [7, 11) is 0. The zero-order chi connectivity index (χ0) is 12.0. The summed E-state index contributed by atoms with van der Waals surface area (Å²) in [5.74, 6) is -0.522. The van der Waals surface area contributed by atoms with E-state index in [4.69, 9.17) is 19.3 Å². The minimum Gasteiger partial charge on any atom is -0.433 e. The van der Waals surface area contributed by atoms with Gasteiger partial charge in [0, 0.05) is 5.57 Å². The van der Waals surface area contributed by atoms with E-state index in [1.807, 2.05) is 0 Å². The number of hydrogen-bond acceptors (Lipinski definition) is 5. The predicted octanol–water partition coefficient (Wildman–Crippen LogP) is 1.17. The highest BCUT2D eigenvalue weighted by Crippen LogP contribution is 2.05. The van der Waals surface area contributed by atoms with Gasteiger partial charge < -0.3 is 19.3 Å². The van der Waals surface area contributed by atoms with Gasteiger partial charge in [-0.2, -0.15) is 0 Å². The molecule has 0 spiro atoms. The average molecular weight is 218 g/mol. The zero-order valence-electron chi connectivity index (χ0n) is 9.52. The highest BCUT2D eigenvalue weighted by molar-refractivity contribution is 5.86. The topological polar surface area (TPSA) is 65.0 Å². The van der Waals surface area contributed by atoms with Gasteiger partial charge in [0.1, 0.15) is 0 Å². The monoisotopic (exact) mass is 218 g/mol. The Morgan fingerprint density at radius 3 is 2.13 bits per heavy atom. The third-order valence-electron chi connectivity index (χ3n) is 1.39. The first-order valence-electron chi connectivity index (χ1n) is 4.68. The molecule has 1 N–H and O–H groups in total. The van der Waals surface area contributed by atoms with Crippen molar-refractivity contribution in [2.75, 3.05) is 0 Å². The largest absolute Gasteiger partial charge is 0.433 e. The van der Waals surface area contributed by atoms with Gasteiger partial charge in [0.25, 0.3) is 0 Å². The highest BCUT2D eigenvalue weighted by atomic mass is 16.8. The van der Waals surface area contributed by atoms with E-state index < -0.39 is 24.8 Å². The Labute approximate surface area is 89.6 Å². The number of aliphatic hydroxyl groups is 1. The van der Waals surface area contributed by atoms with Crippen LogP contribution in [0.5, 0.6) is 0 Å². The summed E-state index contributed by atoms with van der Waals surface area (Å²) in [5.41, 5.74) is 0.301. The molecule has 5 nitrogen and oxygen atoms in total. The molecular formula is C10H18O5. The lowest BCUT2D eigenvalue weighted by Crippen LogP contribution is -2.27. The molecule has 0 radical (unpaired) electrons. The van der Waals surface area contributed by atoms with Crippen LogP contribution in [0.2, 0.25) is 0 Å². The lowest BCUT2D eigenvalue weighted by molar-refractivity contribution is -0.264. The maximum absolute atomic E-state index is 11.1. The average Bonchev–Trinajstić information content (AvgIpc) is 2.00. The molecule has 0 aliphatic heterocycles. The summed E-state index contributed by atoms with van der Waals surface area (Å²) < 4.78 is 14.8. The third kappa shape index (κ3) is 7.07. The Morgan fingerprint density at radius 2 is 1.73 bits per heavy atom. The molecule has 0 aromatic carbocycles. The standard InChI is InChI=1S/C10H18O5/c1-6(2)10(12)15-9(5)14-8(4)13-7(3)11/h7-9,11H,1H2,2-5H3. The van der Waals surface area contributed by atoms with Gasteiger partial charge in [-0.15, -0.1) is 0 Å². The van der Waals surface area contributed by atoms with Crippen molar-refractivity contribution >= 4 is 5.97 Å². The van der Waals surface area contributed by atoms with Gasteiger partial charge in [0.15, 0.2) is 12.6 Å². The number of aliphatic hydroxyl groups excluding tert-OH is 1. The van der Waals surface area contributed by atoms with E-state index >= 15 is 0 Å². The molecule has 0 amide bonds. The van der Waals surface area contributed by atoms with Crippen LogP contribution in [0, 0.1) is 0 Å². The molecule has 0 saturated carbocycles. The molecule has 0 fully saturated rings. The second-order valence-electron chi connectivity index (χ2n) is 3.19. The Hall–Kier alpha value is -0.910. The first kappa shape index (κ1) is 14.1. The molecule has 0 aliphatic rings. The molecule has 0 aromatic rings. The van der Waals surface area contributed by atoms with Gasteiger partial charge >= 0.3 is 5.97 Å².